The molecule has 2 nitrogen and oxygen atoms in total. The number of hydrogen-bond acceptors (Lipinski definition) is 2. The van der Waals surface area contributed by atoms with Crippen LogP contribution in [0.2, 0.25) is 0 Å². The Morgan fingerprint density at radius 3 is 2.41 bits per heavy atom. The van der Waals surface area contributed by atoms with Crippen LogP contribution < -0.4 is 10.1 Å². The molecule has 0 bridgehead atoms. The van der Waals surface area contributed by atoms with Crippen molar-refractivity contribution in [2.24, 2.45) is 5.92 Å². The summed E-state index contributed by atoms with van der Waals surface area (Å²) in [5, 5.41) is 3.51. The molecule has 1 saturated carbocycles. The van der Waals surface area contributed by atoms with Crippen molar-refractivity contribution in [1.29, 1.82) is 0 Å². The van der Waals surface area contributed by atoms with Crippen molar-refractivity contribution >= 4 is 31.9 Å². The van der Waals surface area contributed by atoms with Gasteiger partial charge in [-0.3, -0.25) is 0 Å². The minimum atomic E-state index is 0.854. The lowest BCUT2D eigenvalue weighted by atomic mass is 9.85. The number of methoxy groups -OCH3 is 1. The van der Waals surface area contributed by atoms with Crippen LogP contribution in [0.25, 0.3) is 0 Å². The van der Waals surface area contributed by atoms with Crippen molar-refractivity contribution in [1.82, 2.24) is 5.32 Å². The summed E-state index contributed by atoms with van der Waals surface area (Å²) in [6.07, 6.45) is 4.19. The average Bonchev–Trinajstić information content (AvgIpc) is 2.21. The minimum Gasteiger partial charge on any atom is -0.494 e. The minimum absolute atomic E-state index is 0.854. The first kappa shape index (κ1) is 13.4. The Labute approximate surface area is 119 Å². The molecule has 94 valence electrons. The van der Waals surface area contributed by atoms with E-state index in [1.165, 1.54) is 24.8 Å². The van der Waals surface area contributed by atoms with Crippen LogP contribution in [0.15, 0.2) is 21.1 Å². The topological polar surface area (TPSA) is 21.3 Å². The molecule has 2 rings (SSSR count). The molecule has 1 aromatic rings. The highest BCUT2D eigenvalue weighted by Crippen LogP contribution is 2.34. The number of rotatable bonds is 5. The van der Waals surface area contributed by atoms with Crippen molar-refractivity contribution in [3.63, 3.8) is 0 Å². The Morgan fingerprint density at radius 2 is 1.94 bits per heavy atom. The molecule has 4 heteroatoms. The van der Waals surface area contributed by atoms with E-state index in [2.05, 4.69) is 49.3 Å². The van der Waals surface area contributed by atoms with E-state index in [4.69, 9.17) is 4.74 Å². The first-order chi connectivity index (χ1) is 8.20. The summed E-state index contributed by atoms with van der Waals surface area (Å²) in [7, 11) is 1.68. The molecule has 0 aromatic heterocycles. The van der Waals surface area contributed by atoms with Gasteiger partial charge in [-0.2, -0.15) is 0 Å². The van der Waals surface area contributed by atoms with Crippen molar-refractivity contribution in [3.8, 4) is 5.75 Å². The van der Waals surface area contributed by atoms with Crippen LogP contribution in [0.4, 0.5) is 0 Å². The van der Waals surface area contributed by atoms with Crippen molar-refractivity contribution in [3.05, 3.63) is 26.6 Å². The Bertz CT molecular complexity index is 368. The predicted octanol–water partition coefficient (Wildman–Crippen LogP) is 4.11. The fraction of sp³-hybridized carbons (Fsp3) is 0.538. The monoisotopic (exact) mass is 361 g/mol. The summed E-state index contributed by atoms with van der Waals surface area (Å²) >= 11 is 7.04. The van der Waals surface area contributed by atoms with Gasteiger partial charge >= 0.3 is 0 Å². The molecule has 0 atom stereocenters. The highest BCUT2D eigenvalue weighted by molar-refractivity contribution is 9.11. The third-order valence-corrected chi connectivity index (χ3v) is 4.43. The molecule has 0 aliphatic heterocycles. The van der Waals surface area contributed by atoms with Crippen molar-refractivity contribution in [2.75, 3.05) is 13.7 Å². The maximum Gasteiger partial charge on any atom is 0.147 e. The van der Waals surface area contributed by atoms with Gasteiger partial charge in [-0.05, 0) is 74.9 Å². The molecule has 0 heterocycles. The molecule has 1 fully saturated rings. The van der Waals surface area contributed by atoms with Gasteiger partial charge in [0.05, 0.1) is 16.1 Å². The van der Waals surface area contributed by atoms with E-state index >= 15 is 0 Å². The molecule has 1 aliphatic carbocycles. The van der Waals surface area contributed by atoms with Gasteiger partial charge in [0.15, 0.2) is 0 Å². The summed E-state index contributed by atoms with van der Waals surface area (Å²) in [5.74, 6) is 1.76. The van der Waals surface area contributed by atoms with Crippen LogP contribution in [0.5, 0.6) is 5.75 Å². The molecule has 1 N–H and O–H groups in total. The zero-order valence-electron chi connectivity index (χ0n) is 9.93. The SMILES string of the molecule is COc1c(Br)cc(CNCC2CCC2)cc1Br. The highest BCUT2D eigenvalue weighted by Gasteiger charge is 2.16. The molecule has 0 radical (unpaired) electrons. The Balaban J connectivity index is 1.91. The molecule has 0 spiro atoms. The van der Waals surface area contributed by atoms with E-state index in [0.29, 0.717) is 0 Å². The number of hydrogen-bond donors (Lipinski definition) is 1. The van der Waals surface area contributed by atoms with Crippen LogP contribution in [-0.2, 0) is 6.54 Å². The maximum atomic E-state index is 5.29. The van der Waals surface area contributed by atoms with Crippen molar-refractivity contribution in [2.45, 2.75) is 25.8 Å². The zero-order valence-corrected chi connectivity index (χ0v) is 13.1. The van der Waals surface area contributed by atoms with Crippen LogP contribution in [-0.4, -0.2) is 13.7 Å². The number of nitrogens with one attached hydrogen (secondary N) is 1. The summed E-state index contributed by atoms with van der Waals surface area (Å²) in [5.41, 5.74) is 1.27. The highest BCUT2D eigenvalue weighted by atomic mass is 79.9. The quantitative estimate of drug-likeness (QED) is 0.850. The lowest BCUT2D eigenvalue weighted by Gasteiger charge is -2.25. The van der Waals surface area contributed by atoms with Gasteiger partial charge in [0.1, 0.15) is 5.75 Å². The number of benzene rings is 1. The number of halogens is 2. The van der Waals surface area contributed by atoms with Crippen LogP contribution >= 0.6 is 31.9 Å². The van der Waals surface area contributed by atoms with E-state index in [0.717, 1.165) is 33.7 Å². The van der Waals surface area contributed by atoms with Gasteiger partial charge in [0, 0.05) is 6.54 Å². The second-order valence-corrected chi connectivity index (χ2v) is 6.23. The lowest BCUT2D eigenvalue weighted by Crippen LogP contribution is -2.26. The van der Waals surface area contributed by atoms with E-state index < -0.39 is 0 Å². The smallest absolute Gasteiger partial charge is 0.147 e. The first-order valence-corrected chi connectivity index (χ1v) is 7.52. The molecule has 0 amide bonds. The molecular weight excluding hydrogens is 346 g/mol. The maximum absolute atomic E-state index is 5.29. The van der Waals surface area contributed by atoms with E-state index in [1.54, 1.807) is 7.11 Å². The molecule has 1 aromatic carbocycles. The molecule has 17 heavy (non-hydrogen) atoms. The van der Waals surface area contributed by atoms with E-state index in [-0.39, 0.29) is 0 Å². The molecular formula is C13H17Br2NO. The largest absolute Gasteiger partial charge is 0.494 e. The summed E-state index contributed by atoms with van der Waals surface area (Å²) in [6.45, 7) is 2.05. The first-order valence-electron chi connectivity index (χ1n) is 5.93. The van der Waals surface area contributed by atoms with E-state index in [9.17, 15) is 0 Å². The van der Waals surface area contributed by atoms with Gasteiger partial charge in [-0.25, -0.2) is 0 Å². The Morgan fingerprint density at radius 1 is 1.29 bits per heavy atom. The van der Waals surface area contributed by atoms with E-state index in [1.807, 2.05) is 0 Å². The van der Waals surface area contributed by atoms with Gasteiger partial charge in [0.2, 0.25) is 0 Å². The summed E-state index contributed by atoms with van der Waals surface area (Å²) in [4.78, 5) is 0. The van der Waals surface area contributed by atoms with Gasteiger partial charge in [-0.1, -0.05) is 6.42 Å². The van der Waals surface area contributed by atoms with Gasteiger partial charge in [-0.15, -0.1) is 0 Å². The third-order valence-electron chi connectivity index (χ3n) is 3.25. The standard InChI is InChI=1S/C13H17Br2NO/c1-17-13-11(14)5-10(6-12(13)15)8-16-7-9-3-2-4-9/h5-6,9,16H,2-4,7-8H2,1H3. The predicted molar refractivity (Wildman–Crippen MR) is 77.4 cm³/mol. The average molecular weight is 363 g/mol. The normalized spacial score (nSPS) is 15.7. The molecule has 0 saturated heterocycles. The number of ether oxygens (including phenoxy) is 1. The summed E-state index contributed by atoms with van der Waals surface area (Å²) < 4.78 is 7.28. The molecule has 1 aliphatic rings. The second-order valence-electron chi connectivity index (χ2n) is 4.52. The van der Waals surface area contributed by atoms with Gasteiger partial charge in [0.25, 0.3) is 0 Å². The Kier molecular flexibility index (Phi) is 4.88. The van der Waals surface area contributed by atoms with Gasteiger partial charge < -0.3 is 10.1 Å². The van der Waals surface area contributed by atoms with Crippen LogP contribution in [0.1, 0.15) is 24.8 Å². The van der Waals surface area contributed by atoms with Crippen LogP contribution in [0.3, 0.4) is 0 Å². The van der Waals surface area contributed by atoms with Crippen LogP contribution in [0, 0.1) is 5.92 Å². The van der Waals surface area contributed by atoms with Crippen molar-refractivity contribution < 1.29 is 4.74 Å². The fourth-order valence-corrected chi connectivity index (χ4v) is 3.63. The summed E-state index contributed by atoms with van der Waals surface area (Å²) in [6, 6.07) is 4.22. The zero-order chi connectivity index (χ0) is 12.3. The second kappa shape index (κ2) is 6.21. The lowest BCUT2D eigenvalue weighted by molar-refractivity contribution is 0.301. The fourth-order valence-electron chi connectivity index (χ4n) is 2.03. The third kappa shape index (κ3) is 3.46. The molecule has 0 unspecified atom stereocenters. The Hall–Kier alpha value is -0.0600.